The summed E-state index contributed by atoms with van der Waals surface area (Å²) in [7, 11) is 0. The van der Waals surface area contributed by atoms with Crippen molar-refractivity contribution in [1.82, 2.24) is 0 Å². The molecule has 0 amide bonds. The van der Waals surface area contributed by atoms with Gasteiger partial charge in [-0.2, -0.15) is 0 Å². The number of carboxylic acids is 1. The molecule has 0 unspecified atom stereocenters. The summed E-state index contributed by atoms with van der Waals surface area (Å²) in [5, 5.41) is 17.8. The van der Waals surface area contributed by atoms with E-state index in [1.54, 1.807) is 0 Å². The van der Waals surface area contributed by atoms with E-state index in [1.807, 2.05) is 0 Å². The summed E-state index contributed by atoms with van der Waals surface area (Å²) in [5.41, 5.74) is 5.30. The smallest absolute Gasteiger partial charge is 0.332 e. The molecule has 0 aromatic heterocycles. The molecule has 1 aliphatic heterocycles. The SMILES string of the molecule is NC[C@H]1C[C@@H](O)C[C@@H](C(=O)O)O1. The van der Waals surface area contributed by atoms with Gasteiger partial charge in [-0.05, 0) is 0 Å². The van der Waals surface area contributed by atoms with Crippen LogP contribution in [0.2, 0.25) is 0 Å². The van der Waals surface area contributed by atoms with E-state index in [1.165, 1.54) is 0 Å². The van der Waals surface area contributed by atoms with E-state index in [2.05, 4.69) is 0 Å². The highest BCUT2D eigenvalue weighted by atomic mass is 16.5. The Hall–Kier alpha value is -0.650. The number of aliphatic carboxylic acids is 1. The van der Waals surface area contributed by atoms with Crippen LogP contribution in [0, 0.1) is 0 Å². The Morgan fingerprint density at radius 1 is 1.58 bits per heavy atom. The maximum absolute atomic E-state index is 10.5. The molecule has 1 fully saturated rings. The van der Waals surface area contributed by atoms with E-state index in [0.29, 0.717) is 6.42 Å². The van der Waals surface area contributed by atoms with Crippen molar-refractivity contribution in [2.75, 3.05) is 6.54 Å². The minimum Gasteiger partial charge on any atom is -0.479 e. The third-order valence-electron chi connectivity index (χ3n) is 1.92. The monoisotopic (exact) mass is 175 g/mol. The zero-order valence-corrected chi connectivity index (χ0v) is 6.64. The lowest BCUT2D eigenvalue weighted by Crippen LogP contribution is -2.42. The number of aliphatic hydroxyl groups excluding tert-OH is 1. The second-order valence-corrected chi connectivity index (χ2v) is 2.95. The van der Waals surface area contributed by atoms with Gasteiger partial charge in [0.25, 0.3) is 0 Å². The van der Waals surface area contributed by atoms with Gasteiger partial charge in [-0.25, -0.2) is 4.79 Å². The molecule has 12 heavy (non-hydrogen) atoms. The molecule has 4 N–H and O–H groups in total. The van der Waals surface area contributed by atoms with Gasteiger partial charge in [-0.1, -0.05) is 0 Å². The average Bonchev–Trinajstić information content (AvgIpc) is 2.03. The molecule has 1 heterocycles. The topological polar surface area (TPSA) is 92.8 Å². The predicted molar refractivity (Wildman–Crippen MR) is 40.6 cm³/mol. The zero-order valence-electron chi connectivity index (χ0n) is 6.64. The van der Waals surface area contributed by atoms with Gasteiger partial charge < -0.3 is 20.7 Å². The van der Waals surface area contributed by atoms with Crippen molar-refractivity contribution in [3.05, 3.63) is 0 Å². The van der Waals surface area contributed by atoms with Crippen LogP contribution in [0.3, 0.4) is 0 Å². The van der Waals surface area contributed by atoms with Gasteiger partial charge in [-0.15, -0.1) is 0 Å². The predicted octanol–water partition coefficient (Wildman–Crippen LogP) is -1.06. The average molecular weight is 175 g/mol. The molecule has 5 nitrogen and oxygen atoms in total. The number of carbonyl (C=O) groups is 1. The molecule has 1 rings (SSSR count). The van der Waals surface area contributed by atoms with E-state index in [0.717, 1.165) is 0 Å². The van der Waals surface area contributed by atoms with Crippen LogP contribution in [0.1, 0.15) is 12.8 Å². The van der Waals surface area contributed by atoms with Crippen molar-refractivity contribution >= 4 is 5.97 Å². The van der Waals surface area contributed by atoms with Gasteiger partial charge >= 0.3 is 5.97 Å². The van der Waals surface area contributed by atoms with Crippen molar-refractivity contribution in [2.45, 2.75) is 31.2 Å². The molecule has 0 spiro atoms. The van der Waals surface area contributed by atoms with E-state index in [-0.39, 0.29) is 19.1 Å². The first-order chi connectivity index (χ1) is 5.63. The minimum atomic E-state index is -1.03. The van der Waals surface area contributed by atoms with Crippen molar-refractivity contribution in [2.24, 2.45) is 5.73 Å². The number of hydrogen-bond donors (Lipinski definition) is 3. The van der Waals surface area contributed by atoms with Gasteiger partial charge in [0, 0.05) is 19.4 Å². The maximum atomic E-state index is 10.5. The number of ether oxygens (including phenoxy) is 1. The molecule has 0 radical (unpaired) electrons. The van der Waals surface area contributed by atoms with Crippen LogP contribution < -0.4 is 5.73 Å². The fourth-order valence-electron chi connectivity index (χ4n) is 1.30. The molecule has 0 aromatic rings. The molecule has 1 saturated heterocycles. The number of carboxylic acid groups (broad SMARTS) is 1. The normalized spacial score (nSPS) is 36.3. The van der Waals surface area contributed by atoms with Gasteiger partial charge in [0.05, 0.1) is 12.2 Å². The molecule has 0 aliphatic carbocycles. The summed E-state index contributed by atoms with van der Waals surface area (Å²) < 4.78 is 5.08. The molecule has 1 aliphatic rings. The number of aliphatic hydroxyl groups is 1. The largest absolute Gasteiger partial charge is 0.479 e. The highest BCUT2D eigenvalue weighted by molar-refractivity contribution is 5.72. The molecular formula is C7H13NO4. The van der Waals surface area contributed by atoms with Gasteiger partial charge in [0.15, 0.2) is 6.10 Å². The zero-order chi connectivity index (χ0) is 9.14. The Morgan fingerprint density at radius 3 is 2.75 bits per heavy atom. The Morgan fingerprint density at radius 2 is 2.25 bits per heavy atom. The summed E-state index contributed by atoms with van der Waals surface area (Å²) in [6.07, 6.45) is -1.24. The van der Waals surface area contributed by atoms with E-state index in [4.69, 9.17) is 15.6 Å². The van der Waals surface area contributed by atoms with Crippen LogP contribution in [0.4, 0.5) is 0 Å². The summed E-state index contributed by atoms with van der Waals surface area (Å²) >= 11 is 0. The Bertz CT molecular complexity index is 173. The summed E-state index contributed by atoms with van der Waals surface area (Å²) in [6.45, 7) is 0.251. The van der Waals surface area contributed by atoms with Gasteiger partial charge in [0.2, 0.25) is 0 Å². The summed E-state index contributed by atoms with van der Waals surface area (Å²) in [4.78, 5) is 10.5. The van der Waals surface area contributed by atoms with Crippen molar-refractivity contribution < 1.29 is 19.7 Å². The van der Waals surface area contributed by atoms with Crippen molar-refractivity contribution in [3.63, 3.8) is 0 Å². The van der Waals surface area contributed by atoms with Crippen LogP contribution in [0.15, 0.2) is 0 Å². The van der Waals surface area contributed by atoms with Crippen LogP contribution in [0.25, 0.3) is 0 Å². The molecule has 70 valence electrons. The van der Waals surface area contributed by atoms with Crippen LogP contribution in [-0.2, 0) is 9.53 Å². The lowest BCUT2D eigenvalue weighted by Gasteiger charge is -2.29. The Balaban J connectivity index is 2.51. The molecule has 5 heteroatoms. The maximum Gasteiger partial charge on any atom is 0.332 e. The summed E-state index contributed by atoms with van der Waals surface area (Å²) in [5.74, 6) is -1.03. The van der Waals surface area contributed by atoms with Crippen LogP contribution >= 0.6 is 0 Å². The van der Waals surface area contributed by atoms with Gasteiger partial charge in [-0.3, -0.25) is 0 Å². The van der Waals surface area contributed by atoms with Crippen LogP contribution in [0.5, 0.6) is 0 Å². The highest BCUT2D eigenvalue weighted by Crippen LogP contribution is 2.18. The van der Waals surface area contributed by atoms with E-state index >= 15 is 0 Å². The third-order valence-corrected chi connectivity index (χ3v) is 1.92. The second kappa shape index (κ2) is 3.84. The lowest BCUT2D eigenvalue weighted by atomic mass is 10.0. The fourth-order valence-corrected chi connectivity index (χ4v) is 1.30. The fraction of sp³-hybridized carbons (Fsp3) is 0.857. The molecule has 3 atom stereocenters. The van der Waals surface area contributed by atoms with Crippen LogP contribution in [-0.4, -0.2) is 41.0 Å². The first-order valence-electron chi connectivity index (χ1n) is 3.90. The summed E-state index contributed by atoms with van der Waals surface area (Å²) in [6, 6.07) is 0. The van der Waals surface area contributed by atoms with E-state index < -0.39 is 18.2 Å². The number of nitrogens with two attached hydrogens (primary N) is 1. The molecule has 0 saturated carbocycles. The van der Waals surface area contributed by atoms with Crippen molar-refractivity contribution in [3.8, 4) is 0 Å². The Kier molecular flexibility index (Phi) is 3.02. The quantitative estimate of drug-likeness (QED) is 0.497. The highest BCUT2D eigenvalue weighted by Gasteiger charge is 2.31. The third kappa shape index (κ3) is 2.17. The first kappa shape index (κ1) is 9.44. The van der Waals surface area contributed by atoms with E-state index in [9.17, 15) is 9.90 Å². The minimum absolute atomic E-state index is 0.159. The second-order valence-electron chi connectivity index (χ2n) is 2.95. The molecule has 0 aromatic carbocycles. The van der Waals surface area contributed by atoms with Crippen molar-refractivity contribution in [1.29, 1.82) is 0 Å². The standard InChI is InChI=1S/C7H13NO4/c8-3-5-1-4(9)2-6(12-5)7(10)11/h4-6,9H,1-3,8H2,(H,10,11)/t4-,5-,6+/m1/s1. The number of hydrogen-bond acceptors (Lipinski definition) is 4. The van der Waals surface area contributed by atoms with Gasteiger partial charge in [0.1, 0.15) is 0 Å². The lowest BCUT2D eigenvalue weighted by molar-refractivity contribution is -0.165. The molecular weight excluding hydrogens is 162 g/mol. The number of rotatable bonds is 2. The Labute approximate surface area is 70.1 Å². The first-order valence-corrected chi connectivity index (χ1v) is 3.90. The molecule has 0 bridgehead atoms.